The SMILES string of the molecule is N#Cc1ccc(C(=O)OCC(=O)N2CCC[C@@H](c3nc4ccccc4s3)C2)cc1. The number of piperidine rings is 1. The minimum atomic E-state index is -0.567. The molecule has 6 nitrogen and oxygen atoms in total. The highest BCUT2D eigenvalue weighted by atomic mass is 32.1. The molecule has 1 atom stereocenters. The molecular weight excluding hydrogens is 386 g/mol. The van der Waals surface area contributed by atoms with E-state index in [2.05, 4.69) is 6.07 Å². The number of carbonyl (C=O) groups excluding carboxylic acids is 2. The fourth-order valence-corrected chi connectivity index (χ4v) is 4.55. The van der Waals surface area contributed by atoms with Gasteiger partial charge in [0.15, 0.2) is 6.61 Å². The fraction of sp³-hybridized carbons (Fsp3) is 0.273. The van der Waals surface area contributed by atoms with E-state index >= 15 is 0 Å². The summed E-state index contributed by atoms with van der Waals surface area (Å²) in [5.41, 5.74) is 1.78. The first kappa shape index (κ1) is 19.1. The van der Waals surface area contributed by atoms with Gasteiger partial charge in [-0.05, 0) is 49.2 Å². The number of benzene rings is 2. The molecule has 0 unspecified atom stereocenters. The number of carbonyl (C=O) groups is 2. The molecular formula is C22H19N3O3S. The second-order valence-corrected chi connectivity index (χ2v) is 8.03. The predicted molar refractivity (Wildman–Crippen MR) is 110 cm³/mol. The average molecular weight is 405 g/mol. The number of nitrogens with zero attached hydrogens (tertiary/aromatic N) is 3. The summed E-state index contributed by atoms with van der Waals surface area (Å²) in [5.74, 6) is -0.556. The quantitative estimate of drug-likeness (QED) is 0.618. The molecule has 1 aromatic heterocycles. The monoisotopic (exact) mass is 405 g/mol. The second-order valence-electron chi connectivity index (χ2n) is 6.96. The van der Waals surface area contributed by atoms with E-state index in [-0.39, 0.29) is 18.4 Å². The first-order valence-electron chi connectivity index (χ1n) is 9.44. The van der Waals surface area contributed by atoms with E-state index < -0.39 is 5.97 Å². The highest BCUT2D eigenvalue weighted by Gasteiger charge is 2.27. The van der Waals surface area contributed by atoms with Crippen molar-refractivity contribution in [2.45, 2.75) is 18.8 Å². The molecule has 29 heavy (non-hydrogen) atoms. The number of amides is 1. The molecule has 1 amide bonds. The largest absolute Gasteiger partial charge is 0.452 e. The van der Waals surface area contributed by atoms with Crippen molar-refractivity contribution in [1.82, 2.24) is 9.88 Å². The van der Waals surface area contributed by atoms with Gasteiger partial charge in [-0.15, -0.1) is 11.3 Å². The van der Waals surface area contributed by atoms with Gasteiger partial charge in [-0.3, -0.25) is 4.79 Å². The predicted octanol–water partition coefficient (Wildman–Crippen LogP) is 3.73. The Morgan fingerprint density at radius 3 is 2.76 bits per heavy atom. The van der Waals surface area contributed by atoms with E-state index in [9.17, 15) is 9.59 Å². The molecule has 0 radical (unpaired) electrons. The lowest BCUT2D eigenvalue weighted by atomic mass is 9.99. The van der Waals surface area contributed by atoms with Crippen LogP contribution in [0.15, 0.2) is 48.5 Å². The minimum absolute atomic E-state index is 0.196. The van der Waals surface area contributed by atoms with Gasteiger partial charge in [0, 0.05) is 19.0 Å². The number of esters is 1. The fourth-order valence-electron chi connectivity index (χ4n) is 3.45. The molecule has 4 rings (SSSR count). The molecule has 146 valence electrons. The summed E-state index contributed by atoms with van der Waals surface area (Å²) in [5, 5.41) is 9.87. The number of likely N-dealkylation sites (tertiary alicyclic amines) is 1. The molecule has 0 saturated carbocycles. The lowest BCUT2D eigenvalue weighted by Gasteiger charge is -2.31. The molecule has 7 heteroatoms. The maximum atomic E-state index is 12.6. The highest BCUT2D eigenvalue weighted by molar-refractivity contribution is 7.18. The minimum Gasteiger partial charge on any atom is -0.452 e. The van der Waals surface area contributed by atoms with Gasteiger partial charge in [0.25, 0.3) is 5.91 Å². The van der Waals surface area contributed by atoms with Crippen molar-refractivity contribution in [3.05, 3.63) is 64.7 Å². The lowest BCUT2D eigenvalue weighted by molar-refractivity contribution is -0.135. The van der Waals surface area contributed by atoms with Crippen molar-refractivity contribution in [2.24, 2.45) is 0 Å². The number of rotatable bonds is 4. The Balaban J connectivity index is 1.35. The van der Waals surface area contributed by atoms with E-state index in [1.807, 2.05) is 24.3 Å². The van der Waals surface area contributed by atoms with Crippen LogP contribution in [-0.2, 0) is 9.53 Å². The Hall–Kier alpha value is -3.24. The van der Waals surface area contributed by atoms with Gasteiger partial charge < -0.3 is 9.64 Å². The van der Waals surface area contributed by atoms with Crippen molar-refractivity contribution < 1.29 is 14.3 Å². The number of aromatic nitrogens is 1. The van der Waals surface area contributed by atoms with Gasteiger partial charge in [-0.1, -0.05) is 12.1 Å². The maximum absolute atomic E-state index is 12.6. The van der Waals surface area contributed by atoms with Crippen LogP contribution in [0.3, 0.4) is 0 Å². The number of nitriles is 1. The molecule has 2 heterocycles. The highest BCUT2D eigenvalue weighted by Crippen LogP contribution is 2.32. The normalized spacial score (nSPS) is 16.4. The van der Waals surface area contributed by atoms with Crippen molar-refractivity contribution in [3.63, 3.8) is 0 Å². The molecule has 2 aromatic carbocycles. The number of thiazole rings is 1. The van der Waals surface area contributed by atoms with Crippen molar-refractivity contribution in [1.29, 1.82) is 5.26 Å². The summed E-state index contributed by atoms with van der Waals surface area (Å²) >= 11 is 1.68. The Bertz CT molecular complexity index is 1050. The number of fused-ring (bicyclic) bond motifs is 1. The molecule has 1 aliphatic heterocycles. The van der Waals surface area contributed by atoms with E-state index in [0.29, 0.717) is 24.2 Å². The number of para-hydroxylation sites is 1. The van der Waals surface area contributed by atoms with Gasteiger partial charge in [0.2, 0.25) is 0 Å². The summed E-state index contributed by atoms with van der Waals surface area (Å²) in [7, 11) is 0. The molecule has 3 aromatic rings. The van der Waals surface area contributed by atoms with Gasteiger partial charge in [-0.25, -0.2) is 9.78 Å². The zero-order valence-corrected chi connectivity index (χ0v) is 16.5. The molecule has 0 aliphatic carbocycles. The van der Waals surface area contributed by atoms with E-state index in [1.165, 1.54) is 12.1 Å². The Morgan fingerprint density at radius 1 is 1.21 bits per heavy atom. The third-order valence-corrected chi connectivity index (χ3v) is 6.21. The molecule has 0 N–H and O–H groups in total. The van der Waals surface area contributed by atoms with Crippen LogP contribution in [-0.4, -0.2) is 41.5 Å². The van der Waals surface area contributed by atoms with Crippen LogP contribution in [0.25, 0.3) is 10.2 Å². The van der Waals surface area contributed by atoms with E-state index in [4.69, 9.17) is 15.0 Å². The zero-order chi connectivity index (χ0) is 20.2. The number of ether oxygens (including phenoxy) is 1. The average Bonchev–Trinajstić information content (AvgIpc) is 3.22. The summed E-state index contributed by atoms with van der Waals surface area (Å²) in [6.45, 7) is 0.965. The van der Waals surface area contributed by atoms with Gasteiger partial charge in [-0.2, -0.15) is 5.26 Å². The Morgan fingerprint density at radius 2 is 2.00 bits per heavy atom. The van der Waals surface area contributed by atoms with Crippen LogP contribution in [0.1, 0.15) is 39.7 Å². The lowest BCUT2D eigenvalue weighted by Crippen LogP contribution is -2.41. The first-order chi connectivity index (χ1) is 14.1. The van der Waals surface area contributed by atoms with Crippen LogP contribution in [0.2, 0.25) is 0 Å². The van der Waals surface area contributed by atoms with Crippen molar-refractivity contribution in [2.75, 3.05) is 19.7 Å². The van der Waals surface area contributed by atoms with Crippen LogP contribution >= 0.6 is 11.3 Å². The standard InChI is InChI=1S/C22H19N3O3S/c23-12-15-7-9-16(10-8-15)22(27)28-14-20(26)25-11-3-4-17(13-25)21-24-18-5-1-2-6-19(18)29-21/h1-2,5-10,17H,3-4,11,13-14H2/t17-/m1/s1. The first-order valence-corrected chi connectivity index (χ1v) is 10.3. The number of hydrogen-bond acceptors (Lipinski definition) is 6. The van der Waals surface area contributed by atoms with Gasteiger partial charge in [0.1, 0.15) is 0 Å². The molecule has 0 spiro atoms. The van der Waals surface area contributed by atoms with Crippen LogP contribution in [0.5, 0.6) is 0 Å². The summed E-state index contributed by atoms with van der Waals surface area (Å²) in [6, 6.07) is 16.2. The smallest absolute Gasteiger partial charge is 0.338 e. The third kappa shape index (κ3) is 4.28. The van der Waals surface area contributed by atoms with Crippen LogP contribution in [0.4, 0.5) is 0 Å². The van der Waals surface area contributed by atoms with Crippen LogP contribution < -0.4 is 0 Å². The van der Waals surface area contributed by atoms with Crippen molar-refractivity contribution in [3.8, 4) is 6.07 Å². The summed E-state index contributed by atoms with van der Waals surface area (Å²) in [6.07, 6.45) is 1.89. The maximum Gasteiger partial charge on any atom is 0.338 e. The molecule has 1 fully saturated rings. The van der Waals surface area contributed by atoms with E-state index in [1.54, 1.807) is 28.4 Å². The molecule has 1 aliphatic rings. The second kappa shape index (κ2) is 8.41. The van der Waals surface area contributed by atoms with Gasteiger partial charge >= 0.3 is 5.97 Å². The zero-order valence-electron chi connectivity index (χ0n) is 15.7. The Kier molecular flexibility index (Phi) is 5.54. The molecule has 1 saturated heterocycles. The van der Waals surface area contributed by atoms with Crippen LogP contribution in [0, 0.1) is 11.3 Å². The molecule has 0 bridgehead atoms. The van der Waals surface area contributed by atoms with Gasteiger partial charge in [0.05, 0.1) is 32.4 Å². The number of hydrogen-bond donors (Lipinski definition) is 0. The Labute approximate surface area is 172 Å². The van der Waals surface area contributed by atoms with E-state index in [0.717, 1.165) is 28.1 Å². The topological polar surface area (TPSA) is 83.3 Å². The third-order valence-electron chi connectivity index (χ3n) is 5.01. The summed E-state index contributed by atoms with van der Waals surface area (Å²) < 4.78 is 6.33. The summed E-state index contributed by atoms with van der Waals surface area (Å²) in [4.78, 5) is 31.2. The van der Waals surface area contributed by atoms with Crippen molar-refractivity contribution >= 4 is 33.4 Å².